The molecule has 11 aromatic carbocycles. The lowest BCUT2D eigenvalue weighted by Gasteiger charge is -2.28. The van der Waals surface area contributed by atoms with Crippen LogP contribution >= 0.6 is 11.3 Å². The van der Waals surface area contributed by atoms with E-state index in [1.165, 1.54) is 74.7 Å². The highest BCUT2D eigenvalue weighted by molar-refractivity contribution is 7.26. The molecule has 3 heteroatoms. The van der Waals surface area contributed by atoms with Crippen LogP contribution in [0.2, 0.25) is 0 Å². The van der Waals surface area contributed by atoms with Crippen LogP contribution in [-0.4, -0.2) is 0 Å². The van der Waals surface area contributed by atoms with Gasteiger partial charge in [0.15, 0.2) is 0 Å². The molecule has 0 saturated carbocycles. The van der Waals surface area contributed by atoms with Crippen molar-refractivity contribution in [1.82, 2.24) is 0 Å². The van der Waals surface area contributed by atoms with E-state index in [-0.39, 0.29) is 0 Å². The predicted molar refractivity (Wildman–Crippen MR) is 270 cm³/mol. The molecule has 0 saturated heterocycles. The Hall–Kier alpha value is -7.98. The topological polar surface area (TPSA) is 16.4 Å². The molecule has 0 fully saturated rings. The molecule has 0 amide bonds. The van der Waals surface area contributed by atoms with Crippen LogP contribution in [0, 0.1) is 0 Å². The summed E-state index contributed by atoms with van der Waals surface area (Å²) in [6.07, 6.45) is 0. The third-order valence-electron chi connectivity index (χ3n) is 12.9. The lowest BCUT2D eigenvalue weighted by molar-refractivity contribution is 0.670. The molecular formula is C60H37NOS. The van der Waals surface area contributed by atoms with E-state index in [9.17, 15) is 0 Å². The van der Waals surface area contributed by atoms with E-state index >= 15 is 0 Å². The second kappa shape index (κ2) is 14.3. The molecule has 0 radical (unpaired) electrons. The van der Waals surface area contributed by atoms with Crippen LogP contribution in [0.25, 0.3) is 108 Å². The molecule has 0 N–H and O–H groups in total. The average molecular weight is 820 g/mol. The van der Waals surface area contributed by atoms with Crippen LogP contribution in [0.1, 0.15) is 0 Å². The van der Waals surface area contributed by atoms with Crippen LogP contribution < -0.4 is 4.90 Å². The lowest BCUT2D eigenvalue weighted by Crippen LogP contribution is -2.11. The standard InChI is InChI=1S/C60H37NOS/c1-2-14-39(15-3-1)45-22-11-26-51-52-27-12-23-46(60(52)63-59(45)51)41-30-33-42(34-31-41)61(54-28-13-25-47-44-20-7-5-17-40(44)32-35-49(47)54)55-37-36-50(48-24-10-18-38-16-4-6-19-43(38)48)58-57(55)53-21-8-9-29-56(53)62-58/h1-37H. The van der Waals surface area contributed by atoms with Gasteiger partial charge in [0, 0.05) is 42.2 Å². The van der Waals surface area contributed by atoms with Gasteiger partial charge in [-0.2, -0.15) is 0 Å². The number of hydrogen-bond donors (Lipinski definition) is 0. The van der Waals surface area contributed by atoms with E-state index < -0.39 is 0 Å². The third-order valence-corrected chi connectivity index (χ3v) is 14.2. The molecule has 13 aromatic rings. The van der Waals surface area contributed by atoms with E-state index in [0.717, 1.165) is 50.1 Å². The van der Waals surface area contributed by atoms with Crippen LogP contribution in [-0.2, 0) is 0 Å². The zero-order valence-electron chi connectivity index (χ0n) is 34.1. The molecular weight excluding hydrogens is 783 g/mol. The Balaban J connectivity index is 1.04. The number of rotatable bonds is 6. The number of benzene rings is 11. The molecule has 0 aliphatic heterocycles. The SMILES string of the molecule is c1ccc(-c2cccc3c2sc2c(-c4ccc(N(c5cccc6c5ccc5ccccc56)c5ccc(-c6cccc7ccccc67)c6oc7ccccc7c56)cc4)cccc23)cc1. The maximum atomic E-state index is 6.95. The summed E-state index contributed by atoms with van der Waals surface area (Å²) in [5.74, 6) is 0. The summed E-state index contributed by atoms with van der Waals surface area (Å²) >= 11 is 1.89. The molecule has 0 unspecified atom stereocenters. The number of anilines is 3. The quantitative estimate of drug-likeness (QED) is 0.155. The smallest absolute Gasteiger partial charge is 0.145 e. The molecule has 0 atom stereocenters. The molecule has 0 spiro atoms. The molecule has 63 heavy (non-hydrogen) atoms. The fraction of sp³-hybridized carbons (Fsp3) is 0. The largest absolute Gasteiger partial charge is 0.455 e. The highest BCUT2D eigenvalue weighted by atomic mass is 32.1. The Morgan fingerprint density at radius 1 is 0.317 bits per heavy atom. The van der Waals surface area contributed by atoms with Crippen LogP contribution in [0.15, 0.2) is 229 Å². The number of thiophene rings is 1. The van der Waals surface area contributed by atoms with Gasteiger partial charge in [-0.1, -0.05) is 188 Å². The number of para-hydroxylation sites is 1. The maximum absolute atomic E-state index is 6.95. The fourth-order valence-electron chi connectivity index (χ4n) is 9.98. The first-order valence-electron chi connectivity index (χ1n) is 21.5. The second-order valence-electron chi connectivity index (χ2n) is 16.3. The van der Waals surface area contributed by atoms with Crippen LogP contribution in [0.5, 0.6) is 0 Å². The molecule has 0 bridgehead atoms. The first kappa shape index (κ1) is 35.7. The van der Waals surface area contributed by atoms with Crippen molar-refractivity contribution in [1.29, 1.82) is 0 Å². The Morgan fingerprint density at radius 2 is 0.889 bits per heavy atom. The number of fused-ring (bicyclic) bond motifs is 10. The van der Waals surface area contributed by atoms with Gasteiger partial charge in [0.05, 0.1) is 16.8 Å². The van der Waals surface area contributed by atoms with Gasteiger partial charge in [-0.05, 0) is 91.1 Å². The minimum atomic E-state index is 0.868. The monoisotopic (exact) mass is 819 g/mol. The highest BCUT2D eigenvalue weighted by Gasteiger charge is 2.24. The molecule has 13 rings (SSSR count). The normalized spacial score (nSPS) is 11.8. The Labute approximate surface area is 368 Å². The van der Waals surface area contributed by atoms with Gasteiger partial charge in [-0.3, -0.25) is 0 Å². The van der Waals surface area contributed by atoms with E-state index in [1.54, 1.807) is 0 Å². The average Bonchev–Trinajstić information content (AvgIpc) is 3.94. The summed E-state index contributed by atoms with van der Waals surface area (Å²) in [7, 11) is 0. The minimum absolute atomic E-state index is 0.868. The minimum Gasteiger partial charge on any atom is -0.455 e. The summed E-state index contributed by atoms with van der Waals surface area (Å²) in [5, 5.41) is 12.0. The summed E-state index contributed by atoms with van der Waals surface area (Å²) in [6, 6.07) is 81.5. The van der Waals surface area contributed by atoms with Crippen LogP contribution in [0.3, 0.4) is 0 Å². The Kier molecular flexibility index (Phi) is 8.12. The van der Waals surface area contributed by atoms with Crippen molar-refractivity contribution in [3.8, 4) is 33.4 Å². The van der Waals surface area contributed by atoms with E-state index in [2.05, 4.69) is 229 Å². The van der Waals surface area contributed by atoms with Crippen molar-refractivity contribution in [2.45, 2.75) is 0 Å². The predicted octanol–water partition coefficient (Wildman–Crippen LogP) is 17.9. The van der Waals surface area contributed by atoms with E-state index in [1.807, 2.05) is 11.3 Å². The molecule has 2 nitrogen and oxygen atoms in total. The fourth-order valence-corrected chi connectivity index (χ4v) is 11.4. The lowest BCUT2D eigenvalue weighted by atomic mass is 9.95. The highest BCUT2D eigenvalue weighted by Crippen LogP contribution is 2.50. The van der Waals surface area contributed by atoms with Gasteiger partial charge in [0.1, 0.15) is 11.2 Å². The Morgan fingerprint density at radius 3 is 1.67 bits per heavy atom. The first-order chi connectivity index (χ1) is 31.3. The zero-order valence-corrected chi connectivity index (χ0v) is 34.9. The van der Waals surface area contributed by atoms with Crippen molar-refractivity contribution < 1.29 is 4.42 Å². The van der Waals surface area contributed by atoms with Gasteiger partial charge in [0.25, 0.3) is 0 Å². The van der Waals surface area contributed by atoms with Crippen molar-refractivity contribution in [3.63, 3.8) is 0 Å². The van der Waals surface area contributed by atoms with Crippen molar-refractivity contribution in [3.05, 3.63) is 224 Å². The van der Waals surface area contributed by atoms with Gasteiger partial charge in [0.2, 0.25) is 0 Å². The Bertz CT molecular complexity index is 3910. The number of nitrogens with zero attached hydrogens (tertiary/aromatic N) is 1. The molecule has 2 heterocycles. The van der Waals surface area contributed by atoms with E-state index in [4.69, 9.17) is 4.42 Å². The summed E-state index contributed by atoms with van der Waals surface area (Å²) < 4.78 is 9.57. The zero-order chi connectivity index (χ0) is 41.4. The summed E-state index contributed by atoms with van der Waals surface area (Å²) in [4.78, 5) is 2.45. The molecule has 294 valence electrons. The summed E-state index contributed by atoms with van der Waals surface area (Å²) in [6.45, 7) is 0. The maximum Gasteiger partial charge on any atom is 0.145 e. The van der Waals surface area contributed by atoms with Gasteiger partial charge in [-0.15, -0.1) is 11.3 Å². The number of furan rings is 1. The second-order valence-corrected chi connectivity index (χ2v) is 17.4. The first-order valence-corrected chi connectivity index (χ1v) is 22.3. The van der Waals surface area contributed by atoms with Crippen molar-refractivity contribution >= 4 is 103 Å². The van der Waals surface area contributed by atoms with Crippen molar-refractivity contribution in [2.24, 2.45) is 0 Å². The summed E-state index contributed by atoms with van der Waals surface area (Å²) in [5.41, 5.74) is 12.2. The van der Waals surface area contributed by atoms with Crippen LogP contribution in [0.4, 0.5) is 17.1 Å². The molecule has 2 aromatic heterocycles. The molecule has 0 aliphatic carbocycles. The van der Waals surface area contributed by atoms with Crippen molar-refractivity contribution in [2.75, 3.05) is 4.90 Å². The van der Waals surface area contributed by atoms with Gasteiger partial charge in [-0.25, -0.2) is 0 Å². The third kappa shape index (κ3) is 5.64. The molecule has 0 aliphatic rings. The van der Waals surface area contributed by atoms with Gasteiger partial charge >= 0.3 is 0 Å². The van der Waals surface area contributed by atoms with Gasteiger partial charge < -0.3 is 9.32 Å². The number of hydrogen-bond acceptors (Lipinski definition) is 3. The van der Waals surface area contributed by atoms with E-state index in [0.29, 0.717) is 0 Å².